The Morgan fingerprint density at radius 2 is 2.29 bits per heavy atom. The van der Waals surface area contributed by atoms with Gasteiger partial charge in [0.05, 0.1) is 4.92 Å². The molecule has 0 aromatic heterocycles. The van der Waals surface area contributed by atoms with Crippen LogP contribution in [0.4, 0.5) is 10.5 Å². The predicted octanol–water partition coefficient (Wildman–Crippen LogP) is 1.51. The van der Waals surface area contributed by atoms with Gasteiger partial charge in [0, 0.05) is 31.8 Å². The van der Waals surface area contributed by atoms with Crippen molar-refractivity contribution < 1.29 is 9.72 Å². The normalized spacial score (nSPS) is 15.5. The first kappa shape index (κ1) is 11.4. The largest absolute Gasteiger partial charge is 0.338 e. The Labute approximate surface area is 98.4 Å². The van der Waals surface area contributed by atoms with E-state index in [0.717, 1.165) is 12.0 Å². The van der Waals surface area contributed by atoms with Crippen LogP contribution in [0.15, 0.2) is 24.3 Å². The molecule has 1 aromatic rings. The Bertz CT molecular complexity index is 447. The number of nitro benzene ring substituents is 1. The number of hydrogen-bond acceptors (Lipinski definition) is 3. The summed E-state index contributed by atoms with van der Waals surface area (Å²) in [6.45, 7) is 1.80. The molecule has 0 spiro atoms. The maximum atomic E-state index is 11.5. The van der Waals surface area contributed by atoms with Gasteiger partial charge in [0.2, 0.25) is 0 Å². The second kappa shape index (κ2) is 4.82. The third kappa shape index (κ3) is 2.72. The Hall–Kier alpha value is -2.11. The van der Waals surface area contributed by atoms with Crippen molar-refractivity contribution >= 4 is 11.7 Å². The highest BCUT2D eigenvalue weighted by Gasteiger charge is 2.18. The lowest BCUT2D eigenvalue weighted by Crippen LogP contribution is -2.45. The van der Waals surface area contributed by atoms with Crippen LogP contribution in [0.5, 0.6) is 0 Å². The third-order valence-electron chi connectivity index (χ3n) is 2.66. The average Bonchev–Trinajstić information content (AvgIpc) is 2.32. The van der Waals surface area contributed by atoms with Gasteiger partial charge in [-0.3, -0.25) is 10.1 Å². The van der Waals surface area contributed by atoms with Crippen molar-refractivity contribution in [3.8, 4) is 0 Å². The molecule has 1 aliphatic rings. The van der Waals surface area contributed by atoms with E-state index in [0.29, 0.717) is 19.6 Å². The first-order chi connectivity index (χ1) is 8.16. The van der Waals surface area contributed by atoms with Crippen molar-refractivity contribution in [1.29, 1.82) is 0 Å². The van der Waals surface area contributed by atoms with E-state index in [2.05, 4.69) is 5.32 Å². The average molecular weight is 235 g/mol. The van der Waals surface area contributed by atoms with Crippen LogP contribution in [0.3, 0.4) is 0 Å². The van der Waals surface area contributed by atoms with Gasteiger partial charge in [-0.15, -0.1) is 0 Å². The van der Waals surface area contributed by atoms with Crippen LogP contribution >= 0.6 is 0 Å². The molecule has 2 rings (SSSR count). The van der Waals surface area contributed by atoms with E-state index in [-0.39, 0.29) is 11.7 Å². The molecule has 0 bridgehead atoms. The van der Waals surface area contributed by atoms with Gasteiger partial charge in [-0.2, -0.15) is 0 Å². The second-order valence-corrected chi connectivity index (χ2v) is 3.93. The van der Waals surface area contributed by atoms with E-state index >= 15 is 0 Å². The van der Waals surface area contributed by atoms with Crippen LogP contribution < -0.4 is 5.32 Å². The molecule has 0 unspecified atom stereocenters. The third-order valence-corrected chi connectivity index (χ3v) is 2.66. The molecule has 2 amide bonds. The molecule has 0 atom stereocenters. The van der Waals surface area contributed by atoms with E-state index in [4.69, 9.17) is 0 Å². The summed E-state index contributed by atoms with van der Waals surface area (Å²) < 4.78 is 0. The lowest BCUT2D eigenvalue weighted by Gasteiger charge is -2.27. The van der Waals surface area contributed by atoms with Crippen molar-refractivity contribution in [3.05, 3.63) is 39.9 Å². The fourth-order valence-corrected chi connectivity index (χ4v) is 1.82. The molecule has 1 aromatic carbocycles. The fraction of sp³-hybridized carbons (Fsp3) is 0.364. The summed E-state index contributed by atoms with van der Waals surface area (Å²) in [6, 6.07) is 6.26. The zero-order valence-corrected chi connectivity index (χ0v) is 9.26. The topological polar surface area (TPSA) is 75.5 Å². The molecular weight excluding hydrogens is 222 g/mol. The number of nitro groups is 1. The summed E-state index contributed by atoms with van der Waals surface area (Å²) in [4.78, 5) is 23.3. The van der Waals surface area contributed by atoms with Gasteiger partial charge in [0.1, 0.15) is 0 Å². The minimum absolute atomic E-state index is 0.0555. The molecule has 17 heavy (non-hydrogen) atoms. The zero-order valence-electron chi connectivity index (χ0n) is 9.26. The van der Waals surface area contributed by atoms with E-state index in [1.165, 1.54) is 12.1 Å². The van der Waals surface area contributed by atoms with E-state index < -0.39 is 4.92 Å². The Kier molecular flexibility index (Phi) is 3.22. The molecule has 6 heteroatoms. The Morgan fingerprint density at radius 3 is 3.00 bits per heavy atom. The van der Waals surface area contributed by atoms with Crippen molar-refractivity contribution in [2.24, 2.45) is 0 Å². The highest BCUT2D eigenvalue weighted by atomic mass is 16.6. The van der Waals surface area contributed by atoms with Crippen LogP contribution in [-0.2, 0) is 6.54 Å². The summed E-state index contributed by atoms with van der Waals surface area (Å²) in [5.74, 6) is 0. The molecule has 0 saturated carbocycles. The molecule has 1 fully saturated rings. The number of nitrogens with one attached hydrogen (secondary N) is 1. The first-order valence-corrected chi connectivity index (χ1v) is 5.43. The molecule has 0 aliphatic carbocycles. The monoisotopic (exact) mass is 235 g/mol. The maximum Gasteiger partial charge on any atom is 0.317 e. The molecule has 1 heterocycles. The summed E-state index contributed by atoms with van der Waals surface area (Å²) in [6.07, 6.45) is 0.903. The Balaban J connectivity index is 2.09. The minimum atomic E-state index is -0.431. The fourth-order valence-electron chi connectivity index (χ4n) is 1.82. The highest BCUT2D eigenvalue weighted by molar-refractivity contribution is 5.74. The van der Waals surface area contributed by atoms with Crippen LogP contribution in [0.1, 0.15) is 12.0 Å². The number of carbonyl (C=O) groups excluding carboxylic acids is 1. The van der Waals surface area contributed by atoms with Crippen molar-refractivity contribution in [2.45, 2.75) is 13.0 Å². The number of amides is 2. The Morgan fingerprint density at radius 1 is 1.47 bits per heavy atom. The van der Waals surface area contributed by atoms with Crippen molar-refractivity contribution in [1.82, 2.24) is 10.2 Å². The number of nitrogens with zero attached hydrogens (tertiary/aromatic N) is 2. The van der Waals surface area contributed by atoms with Gasteiger partial charge in [-0.25, -0.2) is 4.79 Å². The van der Waals surface area contributed by atoms with Gasteiger partial charge in [-0.1, -0.05) is 12.1 Å². The molecule has 0 radical (unpaired) electrons. The van der Waals surface area contributed by atoms with Gasteiger partial charge in [0.25, 0.3) is 5.69 Å². The van der Waals surface area contributed by atoms with Gasteiger partial charge in [0.15, 0.2) is 0 Å². The summed E-state index contributed by atoms with van der Waals surface area (Å²) >= 11 is 0. The van der Waals surface area contributed by atoms with E-state index in [1.807, 2.05) is 0 Å². The lowest BCUT2D eigenvalue weighted by molar-refractivity contribution is -0.384. The smallest absolute Gasteiger partial charge is 0.317 e. The van der Waals surface area contributed by atoms with Crippen molar-refractivity contribution in [2.75, 3.05) is 13.1 Å². The number of hydrogen-bond donors (Lipinski definition) is 1. The molecule has 90 valence electrons. The molecule has 1 N–H and O–H groups in total. The zero-order chi connectivity index (χ0) is 12.3. The minimum Gasteiger partial charge on any atom is -0.338 e. The summed E-state index contributed by atoms with van der Waals surface area (Å²) in [7, 11) is 0. The maximum absolute atomic E-state index is 11.5. The molecule has 1 saturated heterocycles. The van der Waals surface area contributed by atoms with Crippen LogP contribution in [0.2, 0.25) is 0 Å². The molecule has 1 aliphatic heterocycles. The molecular formula is C11H13N3O3. The highest BCUT2D eigenvalue weighted by Crippen LogP contribution is 2.15. The second-order valence-electron chi connectivity index (χ2n) is 3.93. The van der Waals surface area contributed by atoms with Gasteiger partial charge >= 0.3 is 6.03 Å². The summed E-state index contributed by atoms with van der Waals surface area (Å²) in [5.41, 5.74) is 0.830. The quantitative estimate of drug-likeness (QED) is 0.637. The number of urea groups is 1. The summed E-state index contributed by atoms with van der Waals surface area (Å²) in [5, 5.41) is 13.4. The van der Waals surface area contributed by atoms with Crippen molar-refractivity contribution in [3.63, 3.8) is 0 Å². The van der Waals surface area contributed by atoms with Crippen LogP contribution in [0, 0.1) is 10.1 Å². The molecule has 6 nitrogen and oxygen atoms in total. The van der Waals surface area contributed by atoms with Crippen LogP contribution in [-0.4, -0.2) is 28.9 Å². The van der Waals surface area contributed by atoms with Gasteiger partial charge < -0.3 is 10.2 Å². The van der Waals surface area contributed by atoms with Gasteiger partial charge in [-0.05, 0) is 12.0 Å². The number of rotatable bonds is 3. The number of non-ortho nitro benzene ring substituents is 1. The standard InChI is InChI=1S/C11H13N3O3/c15-11-12-5-2-6-13(11)8-9-3-1-4-10(7-9)14(16)17/h1,3-4,7H,2,5-6,8H2,(H,12,15). The first-order valence-electron chi connectivity index (χ1n) is 5.43. The lowest BCUT2D eigenvalue weighted by atomic mass is 10.2. The SMILES string of the molecule is O=C1NCCCN1Cc1cccc([N+](=O)[O-])c1. The number of carbonyl (C=O) groups is 1. The van der Waals surface area contributed by atoms with E-state index in [1.54, 1.807) is 17.0 Å². The van der Waals surface area contributed by atoms with E-state index in [9.17, 15) is 14.9 Å². The van der Waals surface area contributed by atoms with Crippen LogP contribution in [0.25, 0.3) is 0 Å². The predicted molar refractivity (Wildman–Crippen MR) is 61.5 cm³/mol. The number of benzene rings is 1.